The lowest BCUT2D eigenvalue weighted by Crippen LogP contribution is -2.14. The van der Waals surface area contributed by atoms with Gasteiger partial charge >= 0.3 is 11.3 Å². The summed E-state index contributed by atoms with van der Waals surface area (Å²) in [6, 6.07) is 9.92. The Morgan fingerprint density at radius 3 is 1.66 bits per heavy atom. The molecule has 0 N–H and O–H groups in total. The minimum Gasteiger partial charge on any atom is -0.497 e. The molecule has 0 bridgehead atoms. The number of hydrogen-bond donors (Lipinski definition) is 0. The van der Waals surface area contributed by atoms with Crippen LogP contribution in [-0.2, 0) is 0 Å². The zero-order chi connectivity index (χ0) is 20.5. The molecule has 0 radical (unpaired) electrons. The highest BCUT2D eigenvalue weighted by Crippen LogP contribution is 2.27. The molecule has 0 atom stereocenters. The fourth-order valence-electron chi connectivity index (χ4n) is 3.14. The number of rotatable bonds is 5. The predicted molar refractivity (Wildman–Crippen MR) is 106 cm³/mol. The van der Waals surface area contributed by atoms with E-state index in [1.807, 2.05) is 6.92 Å². The summed E-state index contributed by atoms with van der Waals surface area (Å²) < 4.78 is 21.2. The standard InChI is InChI=1S/C21H18N2O6/c1-4-13(18-22-16-7-5-11(26-2)9-14(16)20(24)28-18)19-23-17-8-6-12(27-3)10-15(17)21(25)29-19/h5-10,13H,4H2,1-3H3. The number of aromatic nitrogens is 2. The monoisotopic (exact) mass is 394 g/mol. The van der Waals surface area contributed by atoms with Crippen LogP contribution in [0.1, 0.15) is 31.0 Å². The highest BCUT2D eigenvalue weighted by molar-refractivity contribution is 5.79. The number of ether oxygens (including phenoxy) is 2. The van der Waals surface area contributed by atoms with Crippen LogP contribution >= 0.6 is 0 Å². The molecule has 0 spiro atoms. The summed E-state index contributed by atoms with van der Waals surface area (Å²) >= 11 is 0. The number of hydrogen-bond acceptors (Lipinski definition) is 8. The largest absolute Gasteiger partial charge is 0.497 e. The number of methoxy groups -OCH3 is 2. The second-order valence-corrected chi connectivity index (χ2v) is 6.41. The van der Waals surface area contributed by atoms with Crippen molar-refractivity contribution in [2.75, 3.05) is 14.2 Å². The third kappa shape index (κ3) is 3.33. The van der Waals surface area contributed by atoms with Crippen LogP contribution in [0.4, 0.5) is 0 Å². The van der Waals surface area contributed by atoms with Crippen LogP contribution in [0.3, 0.4) is 0 Å². The second kappa shape index (κ2) is 7.38. The Labute approximate surface area is 164 Å². The van der Waals surface area contributed by atoms with Crippen LogP contribution in [0, 0.1) is 0 Å². The third-order valence-electron chi connectivity index (χ3n) is 4.71. The lowest BCUT2D eigenvalue weighted by atomic mass is 10.1. The van der Waals surface area contributed by atoms with Gasteiger partial charge in [0.2, 0.25) is 11.8 Å². The van der Waals surface area contributed by atoms with Crippen molar-refractivity contribution in [1.82, 2.24) is 9.97 Å². The van der Waals surface area contributed by atoms with Gasteiger partial charge in [0.1, 0.15) is 17.4 Å². The minimum atomic E-state index is -0.589. The Morgan fingerprint density at radius 2 is 1.28 bits per heavy atom. The van der Waals surface area contributed by atoms with E-state index in [-0.39, 0.29) is 11.8 Å². The van der Waals surface area contributed by atoms with Gasteiger partial charge in [0.05, 0.1) is 36.0 Å². The minimum absolute atomic E-state index is 0.138. The van der Waals surface area contributed by atoms with Crippen LogP contribution in [0.15, 0.2) is 54.8 Å². The average Bonchev–Trinajstić information content (AvgIpc) is 2.74. The normalized spacial score (nSPS) is 11.3. The highest BCUT2D eigenvalue weighted by atomic mass is 16.5. The van der Waals surface area contributed by atoms with E-state index in [4.69, 9.17) is 18.3 Å². The summed E-state index contributed by atoms with van der Waals surface area (Å²) in [5, 5.41) is 0.617. The first-order valence-electron chi connectivity index (χ1n) is 9.01. The number of benzene rings is 2. The molecule has 4 rings (SSSR count). The van der Waals surface area contributed by atoms with Gasteiger partial charge in [0.25, 0.3) is 0 Å². The molecule has 0 aliphatic rings. The molecule has 0 aliphatic carbocycles. The second-order valence-electron chi connectivity index (χ2n) is 6.41. The SMILES string of the molecule is CCC(c1nc2ccc(OC)cc2c(=O)o1)c1nc2ccc(OC)cc2c(=O)o1. The number of fused-ring (bicyclic) bond motifs is 2. The smallest absolute Gasteiger partial charge is 0.346 e. The van der Waals surface area contributed by atoms with Crippen molar-refractivity contribution in [1.29, 1.82) is 0 Å². The van der Waals surface area contributed by atoms with Crippen LogP contribution in [0.25, 0.3) is 21.8 Å². The van der Waals surface area contributed by atoms with Gasteiger partial charge in [0.15, 0.2) is 0 Å². The zero-order valence-electron chi connectivity index (χ0n) is 16.1. The molecule has 148 valence electrons. The van der Waals surface area contributed by atoms with Crippen LogP contribution < -0.4 is 20.7 Å². The number of nitrogens with zero attached hydrogens (tertiary/aromatic N) is 2. The summed E-state index contributed by atoms with van der Waals surface area (Å²) in [7, 11) is 3.03. The van der Waals surface area contributed by atoms with Crippen LogP contribution in [-0.4, -0.2) is 24.2 Å². The first kappa shape index (κ1) is 18.7. The molecular formula is C21H18N2O6. The van der Waals surface area contributed by atoms with Crippen molar-refractivity contribution in [2.24, 2.45) is 0 Å². The molecule has 0 saturated heterocycles. The topological polar surface area (TPSA) is 105 Å². The molecule has 8 nitrogen and oxygen atoms in total. The first-order valence-corrected chi connectivity index (χ1v) is 9.01. The molecule has 2 aromatic carbocycles. The first-order chi connectivity index (χ1) is 14.0. The molecule has 2 heterocycles. The van der Waals surface area contributed by atoms with E-state index in [1.54, 1.807) is 36.4 Å². The van der Waals surface area contributed by atoms with E-state index < -0.39 is 17.2 Å². The van der Waals surface area contributed by atoms with Crippen LogP contribution in [0.5, 0.6) is 11.5 Å². The lowest BCUT2D eigenvalue weighted by Gasteiger charge is -2.12. The molecule has 29 heavy (non-hydrogen) atoms. The molecule has 0 amide bonds. The summed E-state index contributed by atoms with van der Waals surface area (Å²) in [6.45, 7) is 1.87. The molecule has 8 heteroatoms. The van der Waals surface area contributed by atoms with Crippen molar-refractivity contribution < 1.29 is 18.3 Å². The van der Waals surface area contributed by atoms with Crippen molar-refractivity contribution >= 4 is 21.8 Å². The van der Waals surface area contributed by atoms with E-state index in [0.29, 0.717) is 39.7 Å². The van der Waals surface area contributed by atoms with E-state index in [1.165, 1.54) is 14.2 Å². The highest BCUT2D eigenvalue weighted by Gasteiger charge is 2.24. The van der Waals surface area contributed by atoms with Gasteiger partial charge in [-0.25, -0.2) is 19.6 Å². The maximum absolute atomic E-state index is 12.5. The summed E-state index contributed by atoms with van der Waals surface area (Å²) in [5.41, 5.74) is -0.169. The van der Waals surface area contributed by atoms with Crippen molar-refractivity contribution in [3.8, 4) is 11.5 Å². The molecule has 0 unspecified atom stereocenters. The maximum Gasteiger partial charge on any atom is 0.346 e. The molecule has 0 fully saturated rings. The Balaban J connectivity index is 1.85. The molecule has 2 aromatic heterocycles. The predicted octanol–water partition coefficient (Wildman–Crippen LogP) is 3.25. The van der Waals surface area contributed by atoms with Gasteiger partial charge in [-0.3, -0.25) is 0 Å². The fraction of sp³-hybridized carbons (Fsp3) is 0.238. The third-order valence-corrected chi connectivity index (χ3v) is 4.71. The lowest BCUT2D eigenvalue weighted by molar-refractivity contribution is 0.358. The molecule has 0 aliphatic heterocycles. The summed E-state index contributed by atoms with van der Waals surface area (Å²) in [6.07, 6.45) is 0.467. The van der Waals surface area contributed by atoms with Gasteiger partial charge in [-0.1, -0.05) is 6.92 Å². The Bertz CT molecular complexity index is 1220. The van der Waals surface area contributed by atoms with E-state index >= 15 is 0 Å². The van der Waals surface area contributed by atoms with Gasteiger partial charge in [0, 0.05) is 0 Å². The van der Waals surface area contributed by atoms with Gasteiger partial charge in [-0.2, -0.15) is 0 Å². The summed E-state index contributed by atoms with van der Waals surface area (Å²) in [4.78, 5) is 33.9. The van der Waals surface area contributed by atoms with Gasteiger partial charge in [-0.05, 0) is 42.8 Å². The molecule has 4 aromatic rings. The summed E-state index contributed by atoms with van der Waals surface area (Å²) in [5.74, 6) is 0.749. The van der Waals surface area contributed by atoms with Crippen molar-refractivity contribution in [3.63, 3.8) is 0 Å². The maximum atomic E-state index is 12.5. The Hall–Kier alpha value is -3.68. The fourth-order valence-corrected chi connectivity index (χ4v) is 3.14. The molecule has 0 saturated carbocycles. The quantitative estimate of drug-likeness (QED) is 0.508. The molecular weight excluding hydrogens is 376 g/mol. The van der Waals surface area contributed by atoms with Crippen LogP contribution in [0.2, 0.25) is 0 Å². The van der Waals surface area contributed by atoms with E-state index in [2.05, 4.69) is 9.97 Å². The van der Waals surface area contributed by atoms with Crippen molar-refractivity contribution in [3.05, 3.63) is 69.0 Å². The average molecular weight is 394 g/mol. The van der Waals surface area contributed by atoms with Gasteiger partial charge < -0.3 is 18.3 Å². The zero-order valence-corrected chi connectivity index (χ0v) is 16.1. The Kier molecular flexibility index (Phi) is 4.75. The van der Waals surface area contributed by atoms with E-state index in [0.717, 1.165) is 0 Å². The van der Waals surface area contributed by atoms with Crippen molar-refractivity contribution in [2.45, 2.75) is 19.3 Å². The van der Waals surface area contributed by atoms with Gasteiger partial charge in [-0.15, -0.1) is 0 Å². The Morgan fingerprint density at radius 1 is 0.828 bits per heavy atom. The van der Waals surface area contributed by atoms with E-state index in [9.17, 15) is 9.59 Å².